The first-order chi connectivity index (χ1) is 11.9. The van der Waals surface area contributed by atoms with Crippen molar-refractivity contribution in [2.45, 2.75) is 0 Å². The van der Waals surface area contributed by atoms with Gasteiger partial charge in [-0.2, -0.15) is 0 Å². The Balaban J connectivity index is 2.04. The molecule has 2 aromatic carbocycles. The lowest BCUT2D eigenvalue weighted by Gasteiger charge is -2.13. The molecule has 9 heteroatoms. The lowest BCUT2D eigenvalue weighted by molar-refractivity contribution is -0.384. The Morgan fingerprint density at radius 3 is 2.56 bits per heavy atom. The number of non-ortho nitro benzene ring substituents is 1. The third-order valence-electron chi connectivity index (χ3n) is 3.26. The van der Waals surface area contributed by atoms with Crippen molar-refractivity contribution in [2.75, 3.05) is 31.4 Å². The van der Waals surface area contributed by atoms with Crippen LogP contribution in [0.3, 0.4) is 0 Å². The number of benzene rings is 2. The number of halogens is 1. The van der Waals surface area contributed by atoms with Crippen LogP contribution in [0, 0.1) is 10.1 Å². The van der Waals surface area contributed by atoms with Gasteiger partial charge in [0.15, 0.2) is 0 Å². The smallest absolute Gasteiger partial charge is 0.271 e. The number of nitrogens with one attached hydrogen (secondary N) is 2. The average molecular weight is 366 g/mol. The lowest BCUT2D eigenvalue weighted by atomic mass is 10.2. The third-order valence-corrected chi connectivity index (χ3v) is 3.55. The van der Waals surface area contributed by atoms with Gasteiger partial charge in [0.05, 0.1) is 36.4 Å². The van der Waals surface area contributed by atoms with E-state index in [2.05, 4.69) is 10.6 Å². The molecule has 0 heterocycles. The topological polar surface area (TPSA) is 103 Å². The molecule has 0 saturated carbocycles. The van der Waals surface area contributed by atoms with Gasteiger partial charge in [0, 0.05) is 23.9 Å². The Morgan fingerprint density at radius 2 is 1.92 bits per heavy atom. The van der Waals surface area contributed by atoms with Crippen molar-refractivity contribution in [3.05, 3.63) is 51.5 Å². The molecule has 0 atom stereocenters. The van der Waals surface area contributed by atoms with Crippen molar-refractivity contribution in [1.29, 1.82) is 0 Å². The molecule has 0 aliphatic rings. The number of anilines is 2. The number of nitro benzene ring substituents is 1. The summed E-state index contributed by atoms with van der Waals surface area (Å²) in [5, 5.41) is 16.6. The molecule has 0 fully saturated rings. The molecule has 0 saturated heterocycles. The van der Waals surface area contributed by atoms with Crippen LogP contribution in [0.2, 0.25) is 5.02 Å². The van der Waals surface area contributed by atoms with Crippen molar-refractivity contribution in [2.24, 2.45) is 0 Å². The van der Waals surface area contributed by atoms with E-state index >= 15 is 0 Å². The third kappa shape index (κ3) is 4.74. The molecule has 0 aliphatic carbocycles. The first-order valence-electron chi connectivity index (χ1n) is 7.14. The first-order valence-corrected chi connectivity index (χ1v) is 7.52. The monoisotopic (exact) mass is 365 g/mol. The summed E-state index contributed by atoms with van der Waals surface area (Å²) >= 11 is 6.05. The molecule has 0 radical (unpaired) electrons. The van der Waals surface area contributed by atoms with Crippen LogP contribution in [-0.4, -0.2) is 31.6 Å². The van der Waals surface area contributed by atoms with E-state index < -0.39 is 4.92 Å². The van der Waals surface area contributed by atoms with Gasteiger partial charge < -0.3 is 20.1 Å². The zero-order valence-electron chi connectivity index (χ0n) is 13.5. The first kappa shape index (κ1) is 18.3. The molecule has 8 nitrogen and oxygen atoms in total. The maximum Gasteiger partial charge on any atom is 0.271 e. The zero-order valence-corrected chi connectivity index (χ0v) is 14.3. The fraction of sp³-hybridized carbons (Fsp3) is 0.188. The molecule has 0 bridgehead atoms. The van der Waals surface area contributed by atoms with Gasteiger partial charge in [-0.1, -0.05) is 17.7 Å². The second-order valence-electron chi connectivity index (χ2n) is 4.90. The summed E-state index contributed by atoms with van der Waals surface area (Å²) in [5.41, 5.74) is 0.789. The molecule has 132 valence electrons. The number of hydrogen-bond donors (Lipinski definition) is 2. The SMILES string of the molecule is COc1cc(OC)c(NC(=O)CNc2cccc([N+](=O)[O-])c2)cc1Cl. The molecule has 1 amide bonds. The standard InChI is InChI=1S/C16H16ClN3O5/c1-24-14-8-15(25-2)13(7-12(14)17)19-16(21)9-18-10-4-3-5-11(6-10)20(22)23/h3-8,18H,9H2,1-2H3,(H,19,21). The van der Waals surface area contributed by atoms with Gasteiger partial charge in [0.1, 0.15) is 11.5 Å². The Bertz CT molecular complexity index is 797. The molecule has 0 aliphatic heterocycles. The second kappa shape index (κ2) is 8.20. The highest BCUT2D eigenvalue weighted by atomic mass is 35.5. The summed E-state index contributed by atoms with van der Waals surface area (Å²) in [6, 6.07) is 8.96. The summed E-state index contributed by atoms with van der Waals surface area (Å²) < 4.78 is 10.3. The highest BCUT2D eigenvalue weighted by Gasteiger charge is 2.13. The largest absolute Gasteiger partial charge is 0.495 e. The number of carbonyl (C=O) groups is 1. The predicted molar refractivity (Wildman–Crippen MR) is 94.8 cm³/mol. The van der Waals surface area contributed by atoms with E-state index in [4.69, 9.17) is 21.1 Å². The van der Waals surface area contributed by atoms with E-state index in [0.29, 0.717) is 27.9 Å². The minimum atomic E-state index is -0.504. The van der Waals surface area contributed by atoms with E-state index in [1.54, 1.807) is 12.1 Å². The zero-order chi connectivity index (χ0) is 18.4. The van der Waals surface area contributed by atoms with Crippen molar-refractivity contribution in [3.63, 3.8) is 0 Å². The highest BCUT2D eigenvalue weighted by Crippen LogP contribution is 2.35. The van der Waals surface area contributed by atoms with E-state index in [9.17, 15) is 14.9 Å². The molecule has 25 heavy (non-hydrogen) atoms. The van der Waals surface area contributed by atoms with E-state index in [1.807, 2.05) is 0 Å². The summed E-state index contributed by atoms with van der Waals surface area (Å²) in [5.74, 6) is 0.447. The van der Waals surface area contributed by atoms with Gasteiger partial charge in [-0.3, -0.25) is 14.9 Å². The molecule has 0 spiro atoms. The number of amides is 1. The summed E-state index contributed by atoms with van der Waals surface area (Å²) in [7, 11) is 2.93. The summed E-state index contributed by atoms with van der Waals surface area (Å²) in [6.07, 6.45) is 0. The molecule has 0 unspecified atom stereocenters. The van der Waals surface area contributed by atoms with Crippen molar-refractivity contribution < 1.29 is 19.2 Å². The average Bonchev–Trinajstić information content (AvgIpc) is 2.60. The number of hydrogen-bond acceptors (Lipinski definition) is 6. The van der Waals surface area contributed by atoms with Gasteiger partial charge in [-0.15, -0.1) is 0 Å². The van der Waals surface area contributed by atoms with Gasteiger partial charge in [0.25, 0.3) is 5.69 Å². The van der Waals surface area contributed by atoms with Crippen LogP contribution < -0.4 is 20.1 Å². The van der Waals surface area contributed by atoms with Crippen LogP contribution in [-0.2, 0) is 4.79 Å². The van der Waals surface area contributed by atoms with Crippen molar-refractivity contribution >= 4 is 34.6 Å². The van der Waals surface area contributed by atoms with Gasteiger partial charge in [0.2, 0.25) is 5.91 Å². The van der Waals surface area contributed by atoms with Crippen molar-refractivity contribution in [3.8, 4) is 11.5 Å². The molecule has 0 aromatic heterocycles. The minimum absolute atomic E-state index is 0.0611. The van der Waals surface area contributed by atoms with Gasteiger partial charge >= 0.3 is 0 Å². The fourth-order valence-electron chi connectivity index (χ4n) is 2.06. The quantitative estimate of drug-likeness (QED) is 0.576. The maximum absolute atomic E-state index is 12.1. The second-order valence-corrected chi connectivity index (χ2v) is 5.30. The van der Waals surface area contributed by atoms with E-state index in [0.717, 1.165) is 0 Å². The molecule has 2 N–H and O–H groups in total. The van der Waals surface area contributed by atoms with E-state index in [1.165, 1.54) is 38.5 Å². The molecular weight excluding hydrogens is 350 g/mol. The number of ether oxygens (including phenoxy) is 2. The minimum Gasteiger partial charge on any atom is -0.495 e. The van der Waals surface area contributed by atoms with Crippen LogP contribution in [0.15, 0.2) is 36.4 Å². The Morgan fingerprint density at radius 1 is 1.20 bits per heavy atom. The Labute approximate surface area is 148 Å². The van der Waals surface area contributed by atoms with Gasteiger partial charge in [-0.05, 0) is 12.1 Å². The molecule has 2 aromatic rings. The number of carbonyl (C=O) groups excluding carboxylic acids is 1. The molecule has 2 rings (SSSR count). The lowest BCUT2D eigenvalue weighted by Crippen LogP contribution is -2.22. The van der Waals surface area contributed by atoms with Crippen LogP contribution >= 0.6 is 11.6 Å². The summed E-state index contributed by atoms with van der Waals surface area (Å²) in [6.45, 7) is -0.0893. The normalized spacial score (nSPS) is 10.0. The number of methoxy groups -OCH3 is 2. The fourth-order valence-corrected chi connectivity index (χ4v) is 2.30. The van der Waals surface area contributed by atoms with Crippen molar-refractivity contribution in [1.82, 2.24) is 0 Å². The Kier molecular flexibility index (Phi) is 6.02. The van der Waals surface area contributed by atoms with Crippen LogP contribution in [0.25, 0.3) is 0 Å². The van der Waals surface area contributed by atoms with Crippen LogP contribution in [0.5, 0.6) is 11.5 Å². The van der Waals surface area contributed by atoms with Crippen LogP contribution in [0.1, 0.15) is 0 Å². The van der Waals surface area contributed by atoms with Crippen LogP contribution in [0.4, 0.5) is 17.1 Å². The number of nitro groups is 1. The number of rotatable bonds is 7. The predicted octanol–water partition coefficient (Wildman–Crippen LogP) is 3.32. The van der Waals surface area contributed by atoms with E-state index in [-0.39, 0.29) is 18.1 Å². The Hall–Kier alpha value is -3.00. The number of nitrogens with zero attached hydrogens (tertiary/aromatic N) is 1. The van der Waals surface area contributed by atoms with Gasteiger partial charge in [-0.25, -0.2) is 0 Å². The summed E-state index contributed by atoms with van der Waals surface area (Å²) in [4.78, 5) is 22.3. The molecular formula is C16H16ClN3O5. The highest BCUT2D eigenvalue weighted by molar-refractivity contribution is 6.32. The maximum atomic E-state index is 12.1.